The van der Waals surface area contributed by atoms with Gasteiger partial charge in [-0.2, -0.15) is 0 Å². The molecule has 0 radical (unpaired) electrons. The second-order valence-electron chi connectivity index (χ2n) is 9.00. The molecule has 166 valence electrons. The largest absolute Gasteiger partial charge is 0.483 e. The SMILES string of the molecule is Cc1ccccc1NC(=O)c1cc2ccccc2cc1OCC(=O)N1CC(C)CC(C)C1. The molecule has 0 aromatic heterocycles. The summed E-state index contributed by atoms with van der Waals surface area (Å²) in [7, 11) is 0. The van der Waals surface area contributed by atoms with Crippen molar-refractivity contribution in [3.8, 4) is 5.75 Å². The number of anilines is 1. The molecule has 1 heterocycles. The van der Waals surface area contributed by atoms with Gasteiger partial charge in [0.2, 0.25) is 0 Å². The van der Waals surface area contributed by atoms with Crippen molar-refractivity contribution in [2.45, 2.75) is 27.2 Å². The summed E-state index contributed by atoms with van der Waals surface area (Å²) in [5.74, 6) is 1.09. The van der Waals surface area contributed by atoms with Gasteiger partial charge in [-0.3, -0.25) is 9.59 Å². The van der Waals surface area contributed by atoms with Gasteiger partial charge >= 0.3 is 0 Å². The van der Waals surface area contributed by atoms with Crippen LogP contribution >= 0.6 is 0 Å². The van der Waals surface area contributed by atoms with E-state index in [0.717, 1.165) is 41.5 Å². The number of benzene rings is 3. The van der Waals surface area contributed by atoms with Crippen molar-refractivity contribution in [3.05, 3.63) is 71.8 Å². The maximum Gasteiger partial charge on any atom is 0.260 e. The molecule has 2 atom stereocenters. The van der Waals surface area contributed by atoms with E-state index >= 15 is 0 Å². The Bertz CT molecular complexity index is 1130. The number of carbonyl (C=O) groups excluding carboxylic acids is 2. The van der Waals surface area contributed by atoms with Gasteiger partial charge in [-0.1, -0.05) is 56.3 Å². The third-order valence-corrected chi connectivity index (χ3v) is 6.06. The number of hydrogen-bond donors (Lipinski definition) is 1. The number of ether oxygens (including phenoxy) is 1. The van der Waals surface area contributed by atoms with Crippen LogP contribution in [-0.2, 0) is 4.79 Å². The molecular weight excluding hydrogens is 400 g/mol. The number of piperidine rings is 1. The van der Waals surface area contributed by atoms with Crippen LogP contribution in [0.5, 0.6) is 5.75 Å². The molecule has 3 aromatic rings. The topological polar surface area (TPSA) is 58.6 Å². The molecule has 3 aromatic carbocycles. The van der Waals surface area contributed by atoms with E-state index in [1.807, 2.05) is 72.5 Å². The van der Waals surface area contributed by atoms with E-state index in [-0.39, 0.29) is 18.4 Å². The predicted molar refractivity (Wildman–Crippen MR) is 128 cm³/mol. The molecule has 4 rings (SSSR count). The summed E-state index contributed by atoms with van der Waals surface area (Å²) in [6.45, 7) is 7.73. The monoisotopic (exact) mass is 430 g/mol. The zero-order chi connectivity index (χ0) is 22.7. The highest BCUT2D eigenvalue weighted by Gasteiger charge is 2.26. The van der Waals surface area contributed by atoms with Gasteiger partial charge in [0.25, 0.3) is 11.8 Å². The Kier molecular flexibility index (Phi) is 6.45. The fourth-order valence-electron chi connectivity index (χ4n) is 4.52. The van der Waals surface area contributed by atoms with Crippen LogP contribution < -0.4 is 10.1 Å². The molecule has 0 aliphatic carbocycles. The summed E-state index contributed by atoms with van der Waals surface area (Å²) in [5.41, 5.74) is 2.15. The first-order valence-corrected chi connectivity index (χ1v) is 11.2. The van der Waals surface area contributed by atoms with Crippen LogP contribution in [0, 0.1) is 18.8 Å². The van der Waals surface area contributed by atoms with E-state index in [1.54, 1.807) is 0 Å². The summed E-state index contributed by atoms with van der Waals surface area (Å²) in [6.07, 6.45) is 1.14. The van der Waals surface area contributed by atoms with Crippen LogP contribution in [0.1, 0.15) is 36.2 Å². The fraction of sp³-hybridized carbons (Fsp3) is 0.333. The second-order valence-corrected chi connectivity index (χ2v) is 9.00. The number of likely N-dealkylation sites (tertiary alicyclic amines) is 1. The number of carbonyl (C=O) groups is 2. The summed E-state index contributed by atoms with van der Waals surface area (Å²) >= 11 is 0. The van der Waals surface area contributed by atoms with E-state index in [1.165, 1.54) is 0 Å². The lowest BCUT2D eigenvalue weighted by atomic mass is 9.92. The average molecular weight is 431 g/mol. The standard InChI is InChI=1S/C27H30N2O3/c1-18-12-19(2)16-29(15-18)26(30)17-32-25-14-22-10-6-5-9-21(22)13-23(25)27(31)28-24-11-7-4-8-20(24)3/h4-11,13-14,18-19H,12,15-17H2,1-3H3,(H,28,31). The van der Waals surface area contributed by atoms with E-state index in [2.05, 4.69) is 19.2 Å². The molecule has 2 amide bonds. The molecule has 2 unspecified atom stereocenters. The molecule has 5 nitrogen and oxygen atoms in total. The molecule has 1 N–H and O–H groups in total. The van der Waals surface area contributed by atoms with Crippen molar-refractivity contribution in [2.75, 3.05) is 25.0 Å². The van der Waals surface area contributed by atoms with Crippen molar-refractivity contribution in [1.82, 2.24) is 4.90 Å². The first-order chi connectivity index (χ1) is 15.4. The molecule has 0 bridgehead atoms. The maximum atomic E-state index is 13.2. The van der Waals surface area contributed by atoms with Crippen molar-refractivity contribution in [1.29, 1.82) is 0 Å². The predicted octanol–water partition coefficient (Wildman–Crippen LogP) is 5.28. The number of fused-ring (bicyclic) bond motifs is 1. The number of amides is 2. The maximum absolute atomic E-state index is 13.2. The molecular formula is C27H30N2O3. The Morgan fingerprint density at radius 2 is 1.59 bits per heavy atom. The molecule has 1 fully saturated rings. The highest BCUT2D eigenvalue weighted by Crippen LogP contribution is 2.28. The van der Waals surface area contributed by atoms with Crippen molar-refractivity contribution in [2.24, 2.45) is 11.8 Å². The molecule has 5 heteroatoms. The van der Waals surface area contributed by atoms with Gasteiger partial charge in [0.1, 0.15) is 5.75 Å². The molecule has 0 saturated carbocycles. The van der Waals surface area contributed by atoms with Crippen LogP contribution in [0.4, 0.5) is 5.69 Å². The zero-order valence-electron chi connectivity index (χ0n) is 18.9. The summed E-state index contributed by atoms with van der Waals surface area (Å²) in [5, 5.41) is 4.88. The number of rotatable bonds is 5. The van der Waals surface area contributed by atoms with Crippen LogP contribution in [-0.4, -0.2) is 36.4 Å². The van der Waals surface area contributed by atoms with Gasteiger partial charge in [-0.05, 0) is 59.7 Å². The molecule has 1 aliphatic rings. The molecule has 32 heavy (non-hydrogen) atoms. The zero-order valence-corrected chi connectivity index (χ0v) is 18.9. The first-order valence-electron chi connectivity index (χ1n) is 11.2. The molecule has 0 spiro atoms. The van der Waals surface area contributed by atoms with Gasteiger partial charge in [0, 0.05) is 18.8 Å². The van der Waals surface area contributed by atoms with Crippen molar-refractivity contribution < 1.29 is 14.3 Å². The lowest BCUT2D eigenvalue weighted by Crippen LogP contribution is -2.44. The second kappa shape index (κ2) is 9.43. The van der Waals surface area contributed by atoms with Gasteiger partial charge in [0.05, 0.1) is 5.56 Å². The highest BCUT2D eigenvalue weighted by atomic mass is 16.5. The third kappa shape index (κ3) is 4.93. The Morgan fingerprint density at radius 3 is 2.28 bits per heavy atom. The van der Waals surface area contributed by atoms with E-state index in [9.17, 15) is 9.59 Å². The smallest absolute Gasteiger partial charge is 0.260 e. The Labute approximate surface area is 189 Å². The number of para-hydroxylation sites is 1. The van der Waals surface area contributed by atoms with Gasteiger partial charge < -0.3 is 15.0 Å². The minimum Gasteiger partial charge on any atom is -0.483 e. The minimum absolute atomic E-state index is 0.0400. The van der Waals surface area contributed by atoms with Crippen LogP contribution in [0.25, 0.3) is 10.8 Å². The van der Waals surface area contributed by atoms with Gasteiger partial charge in [-0.15, -0.1) is 0 Å². The Hall–Kier alpha value is -3.34. The van der Waals surface area contributed by atoms with Crippen LogP contribution in [0.15, 0.2) is 60.7 Å². The highest BCUT2D eigenvalue weighted by molar-refractivity contribution is 6.09. The van der Waals surface area contributed by atoms with E-state index in [4.69, 9.17) is 4.74 Å². The molecule has 1 saturated heterocycles. The van der Waals surface area contributed by atoms with Crippen LogP contribution in [0.3, 0.4) is 0 Å². The Balaban J connectivity index is 1.57. The third-order valence-electron chi connectivity index (χ3n) is 6.06. The number of nitrogens with one attached hydrogen (secondary N) is 1. The minimum atomic E-state index is -0.257. The molecule has 1 aliphatic heterocycles. The summed E-state index contributed by atoms with van der Waals surface area (Å²) < 4.78 is 5.97. The van der Waals surface area contributed by atoms with E-state index < -0.39 is 0 Å². The van der Waals surface area contributed by atoms with Crippen molar-refractivity contribution in [3.63, 3.8) is 0 Å². The lowest BCUT2D eigenvalue weighted by Gasteiger charge is -2.34. The number of hydrogen-bond acceptors (Lipinski definition) is 3. The quantitative estimate of drug-likeness (QED) is 0.599. The number of aryl methyl sites for hydroxylation is 1. The Morgan fingerprint density at radius 1 is 0.969 bits per heavy atom. The fourth-order valence-corrected chi connectivity index (χ4v) is 4.52. The first kappa shape index (κ1) is 21.9. The average Bonchev–Trinajstić information content (AvgIpc) is 2.77. The van der Waals surface area contributed by atoms with E-state index in [0.29, 0.717) is 23.1 Å². The lowest BCUT2D eigenvalue weighted by molar-refractivity contribution is -0.136. The number of nitrogens with zero attached hydrogens (tertiary/aromatic N) is 1. The van der Waals surface area contributed by atoms with Gasteiger partial charge in [0.15, 0.2) is 6.61 Å². The van der Waals surface area contributed by atoms with Gasteiger partial charge in [-0.25, -0.2) is 0 Å². The summed E-state index contributed by atoms with van der Waals surface area (Å²) in [6, 6.07) is 19.1. The van der Waals surface area contributed by atoms with Crippen molar-refractivity contribution >= 4 is 28.3 Å². The normalized spacial score (nSPS) is 18.4. The van der Waals surface area contributed by atoms with Crippen LogP contribution in [0.2, 0.25) is 0 Å². The summed E-state index contributed by atoms with van der Waals surface area (Å²) in [4.78, 5) is 27.9.